The van der Waals surface area contributed by atoms with Gasteiger partial charge in [-0.1, -0.05) is 0 Å². The molecule has 0 atom stereocenters. The minimum Gasteiger partial charge on any atom is -0.477 e. The van der Waals surface area contributed by atoms with Crippen molar-refractivity contribution in [3.63, 3.8) is 0 Å². The van der Waals surface area contributed by atoms with E-state index >= 15 is 0 Å². The Kier molecular flexibility index (Phi) is 2.76. The second kappa shape index (κ2) is 3.33. The predicted molar refractivity (Wildman–Crippen MR) is 32.6 cm³/mol. The SMILES string of the molecule is NC(=O)N/C=C(\N)C(=O)O. The first-order valence-electron chi connectivity index (χ1n) is 2.29. The molecule has 0 aliphatic heterocycles. The summed E-state index contributed by atoms with van der Waals surface area (Å²) in [5.41, 5.74) is 8.98. The lowest BCUT2D eigenvalue weighted by molar-refractivity contribution is -0.132. The van der Waals surface area contributed by atoms with E-state index in [1.54, 1.807) is 0 Å². The zero-order chi connectivity index (χ0) is 8.15. The second-order valence-electron chi connectivity index (χ2n) is 1.41. The van der Waals surface area contributed by atoms with Crippen molar-refractivity contribution >= 4 is 12.0 Å². The largest absolute Gasteiger partial charge is 0.477 e. The smallest absolute Gasteiger partial charge is 0.353 e. The minimum absolute atomic E-state index is 0.473. The minimum atomic E-state index is -1.31. The van der Waals surface area contributed by atoms with E-state index in [1.165, 1.54) is 0 Å². The third-order valence-electron chi connectivity index (χ3n) is 0.617. The van der Waals surface area contributed by atoms with E-state index in [0.717, 1.165) is 6.20 Å². The van der Waals surface area contributed by atoms with Gasteiger partial charge in [0.15, 0.2) is 0 Å². The fourth-order valence-electron chi connectivity index (χ4n) is 0.211. The van der Waals surface area contributed by atoms with E-state index in [0.29, 0.717) is 0 Å². The molecule has 6 nitrogen and oxygen atoms in total. The van der Waals surface area contributed by atoms with Gasteiger partial charge in [0, 0.05) is 6.20 Å². The molecule has 0 aromatic carbocycles. The summed E-state index contributed by atoms with van der Waals surface area (Å²) < 4.78 is 0. The molecule has 0 radical (unpaired) electrons. The number of aliphatic carboxylic acids is 1. The lowest BCUT2D eigenvalue weighted by atomic mass is 10.5. The maximum Gasteiger partial charge on any atom is 0.353 e. The Labute approximate surface area is 56.5 Å². The lowest BCUT2D eigenvalue weighted by Gasteiger charge is -1.93. The molecule has 0 aromatic heterocycles. The number of rotatable bonds is 2. The van der Waals surface area contributed by atoms with Gasteiger partial charge in [0.2, 0.25) is 0 Å². The second-order valence-corrected chi connectivity index (χ2v) is 1.41. The van der Waals surface area contributed by atoms with Gasteiger partial charge in [0.25, 0.3) is 0 Å². The van der Waals surface area contributed by atoms with E-state index in [-0.39, 0.29) is 0 Å². The highest BCUT2D eigenvalue weighted by Gasteiger charge is 1.99. The third kappa shape index (κ3) is 3.30. The van der Waals surface area contributed by atoms with Crippen LogP contribution in [0.1, 0.15) is 0 Å². The number of hydrogen-bond acceptors (Lipinski definition) is 3. The Morgan fingerprint density at radius 2 is 1.90 bits per heavy atom. The Balaban J connectivity index is 3.92. The molecule has 0 saturated heterocycles. The molecule has 0 aliphatic carbocycles. The first kappa shape index (κ1) is 8.28. The van der Waals surface area contributed by atoms with Crippen LogP contribution in [0.25, 0.3) is 0 Å². The van der Waals surface area contributed by atoms with Crippen molar-refractivity contribution < 1.29 is 14.7 Å². The van der Waals surface area contributed by atoms with Crippen LogP contribution in [0, 0.1) is 0 Å². The van der Waals surface area contributed by atoms with Crippen molar-refractivity contribution in [2.75, 3.05) is 0 Å². The quantitative estimate of drug-likeness (QED) is 0.355. The van der Waals surface area contributed by atoms with Gasteiger partial charge >= 0.3 is 12.0 Å². The maximum absolute atomic E-state index is 9.94. The number of amides is 2. The Bertz CT molecular complexity index is 186. The summed E-state index contributed by atoms with van der Waals surface area (Å²) in [6.07, 6.45) is 0.810. The molecule has 0 spiro atoms. The number of carboxylic acid groups (broad SMARTS) is 1. The molecule has 6 heteroatoms. The molecule has 0 aromatic rings. The molecular formula is C4H7N3O3. The molecule has 6 N–H and O–H groups in total. The van der Waals surface area contributed by atoms with Crippen LogP contribution >= 0.6 is 0 Å². The van der Waals surface area contributed by atoms with Crippen LogP contribution < -0.4 is 16.8 Å². The standard InChI is InChI=1S/C4H7N3O3/c5-2(3(8)9)1-7-4(6)10/h1H,5H2,(H,8,9)(H3,6,7,10)/b2-1-. The van der Waals surface area contributed by atoms with Crippen LogP contribution in [0.5, 0.6) is 0 Å². The van der Waals surface area contributed by atoms with Gasteiger partial charge < -0.3 is 21.9 Å². The summed E-state index contributed by atoms with van der Waals surface area (Å²) in [4.78, 5) is 19.9. The molecule has 0 heterocycles. The summed E-state index contributed by atoms with van der Waals surface area (Å²) in [6, 6.07) is -0.857. The highest BCUT2D eigenvalue weighted by molar-refractivity contribution is 5.86. The van der Waals surface area contributed by atoms with Crippen molar-refractivity contribution in [2.45, 2.75) is 0 Å². The lowest BCUT2D eigenvalue weighted by Crippen LogP contribution is -2.26. The molecule has 0 rings (SSSR count). The fourth-order valence-corrected chi connectivity index (χ4v) is 0.211. The normalized spacial score (nSPS) is 10.6. The number of carbonyl (C=O) groups excluding carboxylic acids is 1. The molecule has 2 amide bonds. The van der Waals surface area contributed by atoms with Gasteiger partial charge in [0.05, 0.1) is 0 Å². The van der Waals surface area contributed by atoms with Crippen LogP contribution in [-0.2, 0) is 4.79 Å². The van der Waals surface area contributed by atoms with Gasteiger partial charge in [-0.25, -0.2) is 9.59 Å². The Morgan fingerprint density at radius 3 is 2.20 bits per heavy atom. The molecule has 0 bridgehead atoms. The molecule has 0 saturated carbocycles. The number of carboxylic acids is 1. The first-order chi connectivity index (χ1) is 4.54. The molecule has 0 fully saturated rings. The Morgan fingerprint density at radius 1 is 1.40 bits per heavy atom. The summed E-state index contributed by atoms with van der Waals surface area (Å²) in [5.74, 6) is -1.31. The number of nitrogens with one attached hydrogen (secondary N) is 1. The number of hydrogen-bond donors (Lipinski definition) is 4. The van der Waals surface area contributed by atoms with E-state index in [2.05, 4.69) is 5.73 Å². The van der Waals surface area contributed by atoms with E-state index in [1.807, 2.05) is 5.32 Å². The van der Waals surface area contributed by atoms with Crippen LogP contribution in [0.4, 0.5) is 4.79 Å². The number of nitrogens with two attached hydrogens (primary N) is 2. The van der Waals surface area contributed by atoms with Crippen molar-refractivity contribution in [3.8, 4) is 0 Å². The van der Waals surface area contributed by atoms with Gasteiger partial charge in [-0.3, -0.25) is 0 Å². The number of carbonyl (C=O) groups is 2. The predicted octanol–water partition coefficient (Wildman–Crippen LogP) is -1.46. The van der Waals surface area contributed by atoms with Crippen molar-refractivity contribution in [1.82, 2.24) is 5.32 Å². The summed E-state index contributed by atoms with van der Waals surface area (Å²) in [7, 11) is 0. The zero-order valence-corrected chi connectivity index (χ0v) is 5.00. The topological polar surface area (TPSA) is 118 Å². The maximum atomic E-state index is 9.94. The van der Waals surface area contributed by atoms with Gasteiger partial charge in [-0.2, -0.15) is 0 Å². The molecule has 0 unspecified atom stereocenters. The Hall–Kier alpha value is -1.72. The molecular weight excluding hydrogens is 138 g/mol. The van der Waals surface area contributed by atoms with Crippen LogP contribution in [0.15, 0.2) is 11.9 Å². The summed E-state index contributed by atoms with van der Waals surface area (Å²) in [6.45, 7) is 0. The van der Waals surface area contributed by atoms with E-state index in [4.69, 9.17) is 10.8 Å². The molecule has 10 heavy (non-hydrogen) atoms. The number of primary amides is 1. The van der Waals surface area contributed by atoms with Crippen LogP contribution in [-0.4, -0.2) is 17.1 Å². The highest BCUT2D eigenvalue weighted by Crippen LogP contribution is 1.77. The van der Waals surface area contributed by atoms with Crippen molar-refractivity contribution in [1.29, 1.82) is 0 Å². The number of urea groups is 1. The summed E-state index contributed by atoms with van der Waals surface area (Å²) >= 11 is 0. The first-order valence-corrected chi connectivity index (χ1v) is 2.29. The third-order valence-corrected chi connectivity index (χ3v) is 0.617. The highest BCUT2D eigenvalue weighted by atomic mass is 16.4. The van der Waals surface area contributed by atoms with E-state index < -0.39 is 17.7 Å². The average Bonchev–Trinajstić information content (AvgIpc) is 1.82. The summed E-state index contributed by atoms with van der Waals surface area (Å²) in [5, 5.41) is 10.0. The van der Waals surface area contributed by atoms with Crippen LogP contribution in [0.2, 0.25) is 0 Å². The van der Waals surface area contributed by atoms with Gasteiger partial charge in [-0.05, 0) is 0 Å². The fraction of sp³-hybridized carbons (Fsp3) is 0. The van der Waals surface area contributed by atoms with Crippen LogP contribution in [0.3, 0.4) is 0 Å². The average molecular weight is 145 g/mol. The monoisotopic (exact) mass is 145 g/mol. The van der Waals surface area contributed by atoms with Gasteiger partial charge in [0.1, 0.15) is 5.70 Å². The van der Waals surface area contributed by atoms with Crippen molar-refractivity contribution in [3.05, 3.63) is 11.9 Å². The van der Waals surface area contributed by atoms with Crippen molar-refractivity contribution in [2.24, 2.45) is 11.5 Å². The zero-order valence-electron chi connectivity index (χ0n) is 5.00. The molecule has 0 aliphatic rings. The molecule has 56 valence electrons. The van der Waals surface area contributed by atoms with E-state index in [9.17, 15) is 9.59 Å². The van der Waals surface area contributed by atoms with Gasteiger partial charge in [-0.15, -0.1) is 0 Å².